The Kier molecular flexibility index (Phi) is 3.94. The van der Waals surface area contributed by atoms with Crippen molar-refractivity contribution < 1.29 is 4.74 Å². The van der Waals surface area contributed by atoms with Gasteiger partial charge in [0, 0.05) is 0 Å². The van der Waals surface area contributed by atoms with E-state index < -0.39 is 0 Å². The average Bonchev–Trinajstić information content (AvgIpc) is 2.38. The number of hydrogen-bond donors (Lipinski definition) is 0. The highest BCUT2D eigenvalue weighted by atomic mass is 16.5. The molecule has 0 radical (unpaired) electrons. The Morgan fingerprint density at radius 3 is 2.26 bits per heavy atom. The van der Waals surface area contributed by atoms with Crippen LogP contribution in [0.2, 0.25) is 0 Å². The quantitative estimate of drug-likeness (QED) is 0.740. The van der Waals surface area contributed by atoms with Gasteiger partial charge in [0.1, 0.15) is 5.75 Å². The monoisotopic (exact) mass is 254 g/mol. The van der Waals surface area contributed by atoms with Crippen LogP contribution in [0.25, 0.3) is 11.1 Å². The van der Waals surface area contributed by atoms with Crippen molar-refractivity contribution in [3.05, 3.63) is 53.1 Å². The lowest BCUT2D eigenvalue weighted by molar-refractivity contribution is 0.414. The number of benzene rings is 2. The molecule has 0 aliphatic heterocycles. The van der Waals surface area contributed by atoms with Gasteiger partial charge in [-0.3, -0.25) is 0 Å². The van der Waals surface area contributed by atoms with Gasteiger partial charge < -0.3 is 4.74 Å². The Labute approximate surface area is 116 Å². The Morgan fingerprint density at radius 1 is 0.895 bits per heavy atom. The predicted octanol–water partition coefficient (Wildman–Crippen LogP) is 5.10. The zero-order chi connectivity index (χ0) is 14.0. The maximum Gasteiger partial charge on any atom is 0.119 e. The summed E-state index contributed by atoms with van der Waals surface area (Å²) >= 11 is 0. The summed E-state index contributed by atoms with van der Waals surface area (Å²) in [7, 11) is 1.72. The smallest absolute Gasteiger partial charge is 0.119 e. The van der Waals surface area contributed by atoms with E-state index in [2.05, 4.69) is 64.1 Å². The molecule has 2 aromatic rings. The first-order valence-electron chi connectivity index (χ1n) is 6.78. The number of methoxy groups -OCH3 is 1. The fourth-order valence-electron chi connectivity index (χ4n) is 2.47. The second-order valence-electron chi connectivity index (χ2n) is 5.46. The van der Waals surface area contributed by atoms with Gasteiger partial charge in [-0.25, -0.2) is 0 Å². The summed E-state index contributed by atoms with van der Waals surface area (Å²) in [5.74, 6) is 1.47. The van der Waals surface area contributed by atoms with E-state index in [-0.39, 0.29) is 0 Å². The van der Waals surface area contributed by atoms with Crippen LogP contribution in [0, 0.1) is 13.8 Å². The first-order chi connectivity index (χ1) is 9.01. The molecule has 0 aliphatic rings. The van der Waals surface area contributed by atoms with E-state index in [1.165, 1.54) is 27.8 Å². The van der Waals surface area contributed by atoms with E-state index in [0.717, 1.165) is 5.75 Å². The zero-order valence-corrected chi connectivity index (χ0v) is 12.4. The third kappa shape index (κ3) is 2.98. The number of aryl methyl sites for hydroxylation is 2. The topological polar surface area (TPSA) is 9.23 Å². The first kappa shape index (κ1) is 13.7. The van der Waals surface area contributed by atoms with E-state index in [1.807, 2.05) is 0 Å². The lowest BCUT2D eigenvalue weighted by Crippen LogP contribution is -1.93. The van der Waals surface area contributed by atoms with Crippen molar-refractivity contribution >= 4 is 0 Å². The van der Waals surface area contributed by atoms with Crippen LogP contribution in [-0.4, -0.2) is 7.11 Å². The molecule has 0 fully saturated rings. The summed E-state index contributed by atoms with van der Waals surface area (Å²) in [5.41, 5.74) is 6.48. The van der Waals surface area contributed by atoms with Crippen molar-refractivity contribution in [1.29, 1.82) is 0 Å². The maximum atomic E-state index is 5.36. The predicted molar refractivity (Wildman–Crippen MR) is 82.0 cm³/mol. The normalized spacial score (nSPS) is 10.8. The summed E-state index contributed by atoms with van der Waals surface area (Å²) in [4.78, 5) is 0. The van der Waals surface area contributed by atoms with Crippen LogP contribution in [0.15, 0.2) is 36.4 Å². The minimum Gasteiger partial charge on any atom is -0.497 e. The fourth-order valence-corrected chi connectivity index (χ4v) is 2.47. The minimum atomic E-state index is 0.548. The lowest BCUT2D eigenvalue weighted by atomic mass is 9.93. The molecule has 1 nitrogen and oxygen atoms in total. The molecule has 0 heterocycles. The molecular weight excluding hydrogens is 232 g/mol. The van der Waals surface area contributed by atoms with Crippen LogP contribution < -0.4 is 4.74 Å². The van der Waals surface area contributed by atoms with Gasteiger partial charge in [0.2, 0.25) is 0 Å². The van der Waals surface area contributed by atoms with Crippen LogP contribution in [0.5, 0.6) is 5.75 Å². The van der Waals surface area contributed by atoms with Crippen molar-refractivity contribution in [1.82, 2.24) is 0 Å². The number of rotatable bonds is 3. The van der Waals surface area contributed by atoms with Crippen molar-refractivity contribution in [3.63, 3.8) is 0 Å². The third-order valence-electron chi connectivity index (χ3n) is 3.52. The van der Waals surface area contributed by atoms with E-state index in [4.69, 9.17) is 4.74 Å². The fraction of sp³-hybridized carbons (Fsp3) is 0.333. The highest BCUT2D eigenvalue weighted by Crippen LogP contribution is 2.29. The van der Waals surface area contributed by atoms with Crippen molar-refractivity contribution in [3.8, 4) is 16.9 Å². The second-order valence-corrected chi connectivity index (χ2v) is 5.46. The highest BCUT2D eigenvalue weighted by molar-refractivity contribution is 5.67. The van der Waals surface area contributed by atoms with Crippen LogP contribution in [-0.2, 0) is 0 Å². The Morgan fingerprint density at radius 2 is 1.63 bits per heavy atom. The van der Waals surface area contributed by atoms with Crippen LogP contribution in [0.1, 0.15) is 36.5 Å². The van der Waals surface area contributed by atoms with Gasteiger partial charge in [0.25, 0.3) is 0 Å². The average molecular weight is 254 g/mol. The number of ether oxygens (including phenoxy) is 1. The molecule has 0 aliphatic carbocycles. The molecule has 1 heteroatoms. The molecule has 0 spiro atoms. The van der Waals surface area contributed by atoms with Crippen LogP contribution in [0.3, 0.4) is 0 Å². The second kappa shape index (κ2) is 5.48. The molecule has 19 heavy (non-hydrogen) atoms. The first-order valence-corrected chi connectivity index (χ1v) is 6.78. The summed E-state index contributed by atoms with van der Waals surface area (Å²) in [6, 6.07) is 13.1. The summed E-state index contributed by atoms with van der Waals surface area (Å²) in [5, 5.41) is 0. The number of hydrogen-bond acceptors (Lipinski definition) is 1. The van der Waals surface area contributed by atoms with Gasteiger partial charge in [-0.05, 0) is 59.7 Å². The van der Waals surface area contributed by atoms with Crippen LogP contribution in [0.4, 0.5) is 0 Å². The SMILES string of the molecule is COc1cc(C)cc(-c2ccc(C)c(C(C)C)c2)c1. The van der Waals surface area contributed by atoms with E-state index in [9.17, 15) is 0 Å². The molecular formula is C18H22O. The van der Waals surface area contributed by atoms with E-state index >= 15 is 0 Å². The van der Waals surface area contributed by atoms with Gasteiger partial charge in [-0.15, -0.1) is 0 Å². The van der Waals surface area contributed by atoms with E-state index in [1.54, 1.807) is 7.11 Å². The molecule has 0 unspecified atom stereocenters. The Bertz CT molecular complexity index is 582. The van der Waals surface area contributed by atoms with Gasteiger partial charge in [-0.1, -0.05) is 38.1 Å². The third-order valence-corrected chi connectivity index (χ3v) is 3.52. The van der Waals surface area contributed by atoms with E-state index in [0.29, 0.717) is 5.92 Å². The summed E-state index contributed by atoms with van der Waals surface area (Å²) in [6.45, 7) is 8.76. The molecule has 100 valence electrons. The summed E-state index contributed by atoms with van der Waals surface area (Å²) in [6.07, 6.45) is 0. The van der Waals surface area contributed by atoms with Crippen LogP contribution >= 0.6 is 0 Å². The maximum absolute atomic E-state index is 5.36. The molecule has 0 saturated carbocycles. The van der Waals surface area contributed by atoms with Crippen molar-refractivity contribution in [2.45, 2.75) is 33.6 Å². The minimum absolute atomic E-state index is 0.548. The molecule has 0 bridgehead atoms. The largest absolute Gasteiger partial charge is 0.497 e. The van der Waals surface area contributed by atoms with Crippen molar-refractivity contribution in [2.75, 3.05) is 7.11 Å². The Hall–Kier alpha value is -1.76. The molecule has 2 rings (SSSR count). The standard InChI is InChI=1S/C18H22O/c1-12(2)18-11-15(7-6-14(18)4)16-8-13(3)9-17(10-16)19-5/h6-12H,1-5H3. The Balaban J connectivity index is 2.52. The molecule has 2 aromatic carbocycles. The van der Waals surface area contributed by atoms with Gasteiger partial charge in [0.05, 0.1) is 7.11 Å². The zero-order valence-electron chi connectivity index (χ0n) is 12.4. The summed E-state index contributed by atoms with van der Waals surface area (Å²) < 4.78 is 5.36. The molecule has 0 aromatic heterocycles. The molecule has 0 saturated heterocycles. The lowest BCUT2D eigenvalue weighted by Gasteiger charge is -2.13. The van der Waals surface area contributed by atoms with Gasteiger partial charge >= 0.3 is 0 Å². The molecule has 0 atom stereocenters. The van der Waals surface area contributed by atoms with Gasteiger partial charge in [-0.2, -0.15) is 0 Å². The van der Waals surface area contributed by atoms with Crippen molar-refractivity contribution in [2.24, 2.45) is 0 Å². The molecule has 0 amide bonds. The molecule has 0 N–H and O–H groups in total. The highest BCUT2D eigenvalue weighted by Gasteiger charge is 2.07. The van der Waals surface area contributed by atoms with Gasteiger partial charge in [0.15, 0.2) is 0 Å².